The second kappa shape index (κ2) is 5.40. The summed E-state index contributed by atoms with van der Waals surface area (Å²) in [6.45, 7) is 2.41. The van der Waals surface area contributed by atoms with E-state index in [4.69, 9.17) is 5.73 Å². The van der Waals surface area contributed by atoms with E-state index < -0.39 is 25.5 Å². The SMILES string of the molecule is CCn1cc(NS(=O)(=O)c2cc(N)ccc2[N+](=O)[O-])cn1. The number of rotatable bonds is 5. The number of anilines is 2. The Balaban J connectivity index is 2.43. The van der Waals surface area contributed by atoms with Crippen molar-refractivity contribution >= 4 is 27.1 Å². The number of nitrogens with one attached hydrogen (secondary N) is 1. The first-order chi connectivity index (χ1) is 9.83. The molecule has 0 aliphatic heterocycles. The van der Waals surface area contributed by atoms with Crippen molar-refractivity contribution in [2.24, 2.45) is 0 Å². The second-order valence-corrected chi connectivity index (χ2v) is 5.83. The van der Waals surface area contributed by atoms with Gasteiger partial charge in [-0.2, -0.15) is 5.10 Å². The fourth-order valence-electron chi connectivity index (χ4n) is 1.70. The summed E-state index contributed by atoms with van der Waals surface area (Å²) in [6, 6.07) is 3.37. The molecule has 1 heterocycles. The van der Waals surface area contributed by atoms with Crippen molar-refractivity contribution in [3.63, 3.8) is 0 Å². The zero-order chi connectivity index (χ0) is 15.6. The average molecular weight is 311 g/mol. The topological polar surface area (TPSA) is 133 Å². The Morgan fingerprint density at radius 1 is 1.48 bits per heavy atom. The highest BCUT2D eigenvalue weighted by atomic mass is 32.2. The predicted octanol–water partition coefficient (Wildman–Crippen LogP) is 1.19. The zero-order valence-electron chi connectivity index (χ0n) is 11.1. The molecular weight excluding hydrogens is 298 g/mol. The number of nitrogens with zero attached hydrogens (tertiary/aromatic N) is 3. The maximum absolute atomic E-state index is 12.3. The summed E-state index contributed by atoms with van der Waals surface area (Å²) in [5.74, 6) is 0. The molecule has 0 amide bonds. The number of hydrogen-bond acceptors (Lipinski definition) is 6. The van der Waals surface area contributed by atoms with Crippen LogP contribution in [-0.4, -0.2) is 23.1 Å². The molecule has 0 unspecified atom stereocenters. The highest BCUT2D eigenvalue weighted by molar-refractivity contribution is 7.92. The van der Waals surface area contributed by atoms with Crippen molar-refractivity contribution in [1.82, 2.24) is 9.78 Å². The molecule has 2 aromatic rings. The zero-order valence-corrected chi connectivity index (χ0v) is 11.9. The van der Waals surface area contributed by atoms with E-state index in [1.165, 1.54) is 23.1 Å². The minimum absolute atomic E-state index is 0.116. The van der Waals surface area contributed by atoms with Crippen molar-refractivity contribution in [3.05, 3.63) is 40.7 Å². The molecule has 0 aliphatic rings. The van der Waals surface area contributed by atoms with Crippen LogP contribution in [0.2, 0.25) is 0 Å². The number of aromatic nitrogens is 2. The van der Waals surface area contributed by atoms with Crippen LogP contribution in [0.1, 0.15) is 6.92 Å². The molecule has 10 heteroatoms. The van der Waals surface area contributed by atoms with E-state index in [2.05, 4.69) is 9.82 Å². The third-order valence-electron chi connectivity index (χ3n) is 2.68. The van der Waals surface area contributed by atoms with Gasteiger partial charge < -0.3 is 5.73 Å². The fourth-order valence-corrected chi connectivity index (χ4v) is 2.93. The van der Waals surface area contributed by atoms with Crippen LogP contribution >= 0.6 is 0 Å². The number of hydrogen-bond donors (Lipinski definition) is 2. The van der Waals surface area contributed by atoms with E-state index in [9.17, 15) is 18.5 Å². The lowest BCUT2D eigenvalue weighted by Crippen LogP contribution is -2.14. The van der Waals surface area contributed by atoms with Crippen LogP contribution in [0, 0.1) is 10.1 Å². The Morgan fingerprint density at radius 3 is 2.76 bits per heavy atom. The number of nitrogens with two attached hydrogens (primary N) is 1. The fraction of sp³-hybridized carbons (Fsp3) is 0.182. The summed E-state index contributed by atoms with van der Waals surface area (Å²) >= 11 is 0. The molecule has 1 aromatic carbocycles. The summed E-state index contributed by atoms with van der Waals surface area (Å²) in [4.78, 5) is 9.68. The smallest absolute Gasteiger partial charge is 0.290 e. The molecule has 0 saturated carbocycles. The van der Waals surface area contributed by atoms with Crippen LogP contribution in [0.4, 0.5) is 17.1 Å². The first-order valence-electron chi connectivity index (χ1n) is 5.92. The Hall–Kier alpha value is -2.62. The van der Waals surface area contributed by atoms with Crippen LogP contribution < -0.4 is 10.5 Å². The molecule has 1 aromatic heterocycles. The van der Waals surface area contributed by atoms with Gasteiger partial charge in [0.15, 0.2) is 4.90 Å². The minimum Gasteiger partial charge on any atom is -0.399 e. The van der Waals surface area contributed by atoms with E-state index in [1.807, 2.05) is 6.92 Å². The van der Waals surface area contributed by atoms with Crippen LogP contribution in [-0.2, 0) is 16.6 Å². The lowest BCUT2D eigenvalue weighted by molar-refractivity contribution is -0.387. The Kier molecular flexibility index (Phi) is 3.80. The number of aryl methyl sites for hydroxylation is 1. The molecule has 0 fully saturated rings. The van der Waals surface area contributed by atoms with Gasteiger partial charge in [-0.1, -0.05) is 0 Å². The van der Waals surface area contributed by atoms with Crippen LogP contribution in [0.15, 0.2) is 35.5 Å². The van der Waals surface area contributed by atoms with Gasteiger partial charge in [-0.05, 0) is 19.1 Å². The highest BCUT2D eigenvalue weighted by Crippen LogP contribution is 2.27. The van der Waals surface area contributed by atoms with Crippen molar-refractivity contribution in [2.45, 2.75) is 18.4 Å². The molecule has 2 rings (SSSR count). The van der Waals surface area contributed by atoms with E-state index in [-0.39, 0.29) is 11.4 Å². The number of nitro benzene ring substituents is 1. The van der Waals surface area contributed by atoms with Gasteiger partial charge in [0.1, 0.15) is 0 Å². The van der Waals surface area contributed by atoms with Gasteiger partial charge in [0.25, 0.3) is 15.7 Å². The first-order valence-corrected chi connectivity index (χ1v) is 7.41. The van der Waals surface area contributed by atoms with Gasteiger partial charge >= 0.3 is 0 Å². The largest absolute Gasteiger partial charge is 0.399 e. The van der Waals surface area contributed by atoms with E-state index in [0.29, 0.717) is 6.54 Å². The quantitative estimate of drug-likeness (QED) is 0.484. The highest BCUT2D eigenvalue weighted by Gasteiger charge is 2.26. The summed E-state index contributed by atoms with van der Waals surface area (Å²) in [6.07, 6.45) is 2.80. The van der Waals surface area contributed by atoms with Crippen molar-refractivity contribution in [1.29, 1.82) is 0 Å². The van der Waals surface area contributed by atoms with Gasteiger partial charge in [-0.3, -0.25) is 19.5 Å². The Morgan fingerprint density at radius 2 is 2.19 bits per heavy atom. The van der Waals surface area contributed by atoms with E-state index in [0.717, 1.165) is 12.1 Å². The molecule has 3 N–H and O–H groups in total. The van der Waals surface area contributed by atoms with Crippen molar-refractivity contribution < 1.29 is 13.3 Å². The van der Waals surface area contributed by atoms with Gasteiger partial charge in [0.05, 0.1) is 16.8 Å². The predicted molar refractivity (Wildman–Crippen MR) is 76.2 cm³/mol. The maximum atomic E-state index is 12.3. The Bertz CT molecular complexity index is 784. The number of benzene rings is 1. The summed E-state index contributed by atoms with van der Waals surface area (Å²) < 4.78 is 28.3. The monoisotopic (exact) mass is 311 g/mol. The van der Waals surface area contributed by atoms with Gasteiger partial charge in [-0.15, -0.1) is 0 Å². The van der Waals surface area contributed by atoms with Gasteiger partial charge in [-0.25, -0.2) is 8.42 Å². The van der Waals surface area contributed by atoms with Crippen molar-refractivity contribution in [3.8, 4) is 0 Å². The molecule has 21 heavy (non-hydrogen) atoms. The van der Waals surface area contributed by atoms with Gasteiger partial charge in [0, 0.05) is 24.5 Å². The summed E-state index contributed by atoms with van der Waals surface area (Å²) in [5, 5.41) is 14.9. The average Bonchev–Trinajstić information content (AvgIpc) is 2.85. The van der Waals surface area contributed by atoms with E-state index >= 15 is 0 Å². The van der Waals surface area contributed by atoms with Crippen LogP contribution in [0.3, 0.4) is 0 Å². The number of nitro groups is 1. The third-order valence-corrected chi connectivity index (χ3v) is 4.09. The molecule has 0 radical (unpaired) electrons. The lowest BCUT2D eigenvalue weighted by Gasteiger charge is -2.07. The lowest BCUT2D eigenvalue weighted by atomic mass is 10.3. The standard InChI is InChI=1S/C11H13N5O4S/c1-2-15-7-9(6-13-15)14-21(19,20)11-5-8(12)3-4-10(11)16(17)18/h3-7,14H,2,12H2,1H3. The minimum atomic E-state index is -4.13. The van der Waals surface area contributed by atoms with Crippen molar-refractivity contribution in [2.75, 3.05) is 10.5 Å². The molecule has 0 spiro atoms. The Labute approximate surface area is 120 Å². The van der Waals surface area contributed by atoms with E-state index in [1.54, 1.807) is 0 Å². The number of sulfonamides is 1. The molecule has 0 atom stereocenters. The molecule has 0 saturated heterocycles. The third kappa shape index (κ3) is 3.11. The summed E-state index contributed by atoms with van der Waals surface area (Å²) in [7, 11) is -4.13. The first kappa shape index (κ1) is 14.8. The number of nitrogen functional groups attached to an aromatic ring is 1. The van der Waals surface area contributed by atoms with Crippen LogP contribution in [0.25, 0.3) is 0 Å². The maximum Gasteiger partial charge on any atom is 0.290 e. The molecule has 112 valence electrons. The molecule has 0 aliphatic carbocycles. The van der Waals surface area contributed by atoms with Crippen LogP contribution in [0.5, 0.6) is 0 Å². The molecule has 9 nitrogen and oxygen atoms in total. The molecule has 0 bridgehead atoms. The summed E-state index contributed by atoms with van der Waals surface area (Å²) in [5.41, 5.74) is 5.30. The second-order valence-electron chi connectivity index (χ2n) is 4.17. The molecular formula is C11H13N5O4S. The van der Waals surface area contributed by atoms with Gasteiger partial charge in [0.2, 0.25) is 0 Å². The normalized spacial score (nSPS) is 11.3.